The summed E-state index contributed by atoms with van der Waals surface area (Å²) in [5.41, 5.74) is 1.31. The third-order valence-corrected chi connectivity index (χ3v) is 4.26. The van der Waals surface area contributed by atoms with Crippen molar-refractivity contribution in [1.29, 1.82) is 0 Å². The van der Waals surface area contributed by atoms with E-state index < -0.39 is 5.91 Å². The minimum absolute atomic E-state index is 0.122. The third kappa shape index (κ3) is 4.54. The molecule has 30 heavy (non-hydrogen) atoms. The lowest BCUT2D eigenvalue weighted by Crippen LogP contribution is -2.35. The van der Waals surface area contributed by atoms with Crippen LogP contribution in [0.2, 0.25) is 0 Å². The molecule has 2 heterocycles. The van der Waals surface area contributed by atoms with Gasteiger partial charge in [-0.15, -0.1) is 0 Å². The lowest BCUT2D eigenvalue weighted by molar-refractivity contribution is -0.120. The zero-order valence-electron chi connectivity index (χ0n) is 15.7. The molecule has 0 saturated carbocycles. The summed E-state index contributed by atoms with van der Waals surface area (Å²) in [4.78, 5) is 28.1. The molecule has 0 unspecified atom stereocenters. The van der Waals surface area contributed by atoms with Crippen LogP contribution in [0.5, 0.6) is 11.5 Å². The first kappa shape index (κ1) is 19.4. The summed E-state index contributed by atoms with van der Waals surface area (Å²) in [6.07, 6.45) is 0.122. The molecule has 154 valence electrons. The number of carbonyl (C=O) groups is 2. The number of rotatable bonds is 7. The number of hydrogen-bond donors (Lipinski definition) is 2. The van der Waals surface area contributed by atoms with Gasteiger partial charge in [0.15, 0.2) is 11.5 Å². The van der Waals surface area contributed by atoms with Crippen molar-refractivity contribution in [1.82, 2.24) is 20.8 Å². The summed E-state index contributed by atoms with van der Waals surface area (Å²) in [6.45, 7) is 0.545. The number of ether oxygens (including phenoxy) is 2. The number of benzene rings is 2. The number of nitrogens with one attached hydrogen (secondary N) is 2. The maximum atomic E-state index is 12.9. The molecule has 10 heteroatoms. The third-order valence-electron chi connectivity index (χ3n) is 4.26. The van der Waals surface area contributed by atoms with Crippen LogP contribution in [0.1, 0.15) is 16.2 Å². The van der Waals surface area contributed by atoms with E-state index in [1.54, 1.807) is 30.3 Å². The van der Waals surface area contributed by atoms with Gasteiger partial charge in [-0.25, -0.2) is 4.39 Å². The Kier molecular flexibility index (Phi) is 5.55. The summed E-state index contributed by atoms with van der Waals surface area (Å²) in [5, 5.41) is 9.06. The zero-order chi connectivity index (χ0) is 20.9. The standard InChI is InChI=1S/C20H17FN4O5/c21-14-4-1-12(2-5-14)9-17(26)22-7-8-23-19(27)20-24-18(25-30-20)13-3-6-15-16(10-13)29-11-28-15/h1-6,10H,7-9,11H2,(H,22,26)(H,23,27). The Hall–Kier alpha value is -3.95. The van der Waals surface area contributed by atoms with Crippen LogP contribution < -0.4 is 20.1 Å². The molecule has 0 atom stereocenters. The predicted octanol–water partition coefficient (Wildman–Crippen LogP) is 1.69. The normalized spacial score (nSPS) is 11.9. The van der Waals surface area contributed by atoms with E-state index in [1.807, 2.05) is 0 Å². The van der Waals surface area contributed by atoms with E-state index >= 15 is 0 Å². The Morgan fingerprint density at radius 3 is 2.60 bits per heavy atom. The number of carbonyl (C=O) groups excluding carboxylic acids is 2. The van der Waals surface area contributed by atoms with Gasteiger partial charge in [0.25, 0.3) is 0 Å². The van der Waals surface area contributed by atoms with Gasteiger partial charge >= 0.3 is 11.8 Å². The molecular weight excluding hydrogens is 395 g/mol. The van der Waals surface area contributed by atoms with Gasteiger partial charge < -0.3 is 24.6 Å². The van der Waals surface area contributed by atoms with Gasteiger partial charge in [-0.05, 0) is 35.9 Å². The maximum absolute atomic E-state index is 12.9. The van der Waals surface area contributed by atoms with Crippen molar-refractivity contribution in [3.05, 3.63) is 59.7 Å². The first-order valence-electron chi connectivity index (χ1n) is 9.11. The monoisotopic (exact) mass is 412 g/mol. The molecule has 0 fully saturated rings. The highest BCUT2D eigenvalue weighted by molar-refractivity contribution is 5.90. The van der Waals surface area contributed by atoms with Crippen LogP contribution >= 0.6 is 0 Å². The van der Waals surface area contributed by atoms with Gasteiger partial charge in [-0.1, -0.05) is 17.3 Å². The molecule has 2 amide bonds. The Morgan fingerprint density at radius 2 is 1.77 bits per heavy atom. The summed E-state index contributed by atoms with van der Waals surface area (Å²) in [7, 11) is 0. The van der Waals surface area contributed by atoms with Crippen molar-refractivity contribution >= 4 is 11.8 Å². The largest absolute Gasteiger partial charge is 0.454 e. The summed E-state index contributed by atoms with van der Waals surface area (Å²) < 4.78 is 28.4. The van der Waals surface area contributed by atoms with Crippen LogP contribution in [-0.4, -0.2) is 41.8 Å². The van der Waals surface area contributed by atoms with Crippen LogP contribution in [0.25, 0.3) is 11.4 Å². The molecule has 0 aliphatic carbocycles. The summed E-state index contributed by atoms with van der Waals surface area (Å²) in [5.74, 6) is 0.0957. The molecular formula is C20H17FN4O5. The average molecular weight is 412 g/mol. The number of halogens is 1. The molecule has 0 radical (unpaired) electrons. The molecule has 1 aliphatic rings. The van der Waals surface area contributed by atoms with Gasteiger partial charge in [0.1, 0.15) is 5.82 Å². The molecule has 9 nitrogen and oxygen atoms in total. The summed E-state index contributed by atoms with van der Waals surface area (Å²) in [6, 6.07) is 10.8. The fraction of sp³-hybridized carbons (Fsp3) is 0.200. The van der Waals surface area contributed by atoms with E-state index in [9.17, 15) is 14.0 Å². The quantitative estimate of drug-likeness (QED) is 0.568. The SMILES string of the molecule is O=C(Cc1ccc(F)cc1)NCCNC(=O)c1nc(-c2ccc3c(c2)OCO3)no1. The van der Waals surface area contributed by atoms with Crippen molar-refractivity contribution in [2.75, 3.05) is 19.9 Å². The second-order valence-electron chi connectivity index (χ2n) is 6.40. The minimum Gasteiger partial charge on any atom is -0.454 e. The van der Waals surface area contributed by atoms with Crippen molar-refractivity contribution < 1.29 is 28.0 Å². The first-order chi connectivity index (χ1) is 14.6. The molecule has 4 rings (SSSR count). The van der Waals surface area contributed by atoms with Gasteiger partial charge in [-0.2, -0.15) is 4.98 Å². The van der Waals surface area contributed by atoms with E-state index in [4.69, 9.17) is 14.0 Å². The number of nitrogens with zero attached hydrogens (tertiary/aromatic N) is 2. The highest BCUT2D eigenvalue weighted by Gasteiger charge is 2.19. The van der Waals surface area contributed by atoms with Crippen molar-refractivity contribution in [3.8, 4) is 22.9 Å². The van der Waals surface area contributed by atoms with Gasteiger partial charge in [0.2, 0.25) is 18.5 Å². The van der Waals surface area contributed by atoms with E-state index in [1.165, 1.54) is 12.1 Å². The lowest BCUT2D eigenvalue weighted by Gasteiger charge is -2.06. The number of aromatic nitrogens is 2. The maximum Gasteiger partial charge on any atom is 0.316 e. The first-order valence-corrected chi connectivity index (χ1v) is 9.11. The fourth-order valence-corrected chi connectivity index (χ4v) is 2.77. The van der Waals surface area contributed by atoms with E-state index in [0.717, 1.165) is 0 Å². The van der Waals surface area contributed by atoms with E-state index in [-0.39, 0.29) is 49.7 Å². The van der Waals surface area contributed by atoms with Crippen LogP contribution in [0.3, 0.4) is 0 Å². The van der Waals surface area contributed by atoms with Crippen LogP contribution in [0, 0.1) is 5.82 Å². The van der Waals surface area contributed by atoms with Crippen molar-refractivity contribution in [2.45, 2.75) is 6.42 Å². The topological polar surface area (TPSA) is 116 Å². The molecule has 1 aliphatic heterocycles. The van der Waals surface area contributed by atoms with Gasteiger partial charge in [-0.3, -0.25) is 9.59 Å². The fourth-order valence-electron chi connectivity index (χ4n) is 2.77. The zero-order valence-corrected chi connectivity index (χ0v) is 15.7. The second-order valence-corrected chi connectivity index (χ2v) is 6.40. The summed E-state index contributed by atoms with van der Waals surface area (Å²) >= 11 is 0. The van der Waals surface area contributed by atoms with E-state index in [0.29, 0.717) is 22.6 Å². The predicted molar refractivity (Wildman–Crippen MR) is 101 cm³/mol. The Morgan fingerprint density at radius 1 is 1.00 bits per heavy atom. The molecule has 0 spiro atoms. The van der Waals surface area contributed by atoms with Crippen LogP contribution in [0.4, 0.5) is 4.39 Å². The molecule has 2 aromatic carbocycles. The Balaban J connectivity index is 1.24. The Bertz CT molecular complexity index is 1070. The number of amides is 2. The lowest BCUT2D eigenvalue weighted by atomic mass is 10.1. The van der Waals surface area contributed by atoms with Crippen LogP contribution in [-0.2, 0) is 11.2 Å². The highest BCUT2D eigenvalue weighted by Crippen LogP contribution is 2.35. The number of fused-ring (bicyclic) bond motifs is 1. The smallest absolute Gasteiger partial charge is 0.316 e. The molecule has 1 aromatic heterocycles. The van der Waals surface area contributed by atoms with E-state index in [2.05, 4.69) is 20.8 Å². The molecule has 0 bridgehead atoms. The average Bonchev–Trinajstić information content (AvgIpc) is 3.41. The van der Waals surface area contributed by atoms with Crippen LogP contribution in [0.15, 0.2) is 47.0 Å². The van der Waals surface area contributed by atoms with Gasteiger partial charge in [0, 0.05) is 18.7 Å². The Labute approximate surface area is 170 Å². The van der Waals surface area contributed by atoms with Crippen molar-refractivity contribution in [2.24, 2.45) is 0 Å². The molecule has 2 N–H and O–H groups in total. The van der Waals surface area contributed by atoms with Crippen molar-refractivity contribution in [3.63, 3.8) is 0 Å². The molecule has 0 saturated heterocycles. The highest BCUT2D eigenvalue weighted by atomic mass is 19.1. The second kappa shape index (κ2) is 8.60. The number of hydrogen-bond acceptors (Lipinski definition) is 7. The molecule has 3 aromatic rings. The minimum atomic E-state index is -0.553. The van der Waals surface area contributed by atoms with Gasteiger partial charge in [0.05, 0.1) is 6.42 Å².